The Kier molecular flexibility index (Phi) is 3.90. The molecule has 0 bridgehead atoms. The molecule has 3 aromatic rings. The maximum absolute atomic E-state index is 13.6. The first-order chi connectivity index (χ1) is 11.7. The summed E-state index contributed by atoms with van der Waals surface area (Å²) < 4.78 is 14.7. The van der Waals surface area contributed by atoms with E-state index in [-0.39, 0.29) is 24.2 Å². The Labute approximate surface area is 142 Å². The lowest BCUT2D eigenvalue weighted by atomic mass is 10.00. The zero-order chi connectivity index (χ0) is 16.5. The van der Waals surface area contributed by atoms with Crippen LogP contribution in [0.3, 0.4) is 0 Å². The summed E-state index contributed by atoms with van der Waals surface area (Å²) >= 11 is 1.64. The number of amides is 1. The second-order valence-electron chi connectivity index (χ2n) is 5.88. The third kappa shape index (κ3) is 2.85. The van der Waals surface area contributed by atoms with Crippen molar-refractivity contribution in [1.29, 1.82) is 0 Å². The number of hydrogen-bond acceptors (Lipinski definition) is 4. The van der Waals surface area contributed by atoms with E-state index in [1.807, 2.05) is 18.2 Å². The molecule has 0 atom stereocenters. The van der Waals surface area contributed by atoms with Gasteiger partial charge in [0.05, 0.1) is 16.1 Å². The van der Waals surface area contributed by atoms with Gasteiger partial charge in [-0.1, -0.05) is 41.7 Å². The minimum atomic E-state index is -0.289. The highest BCUT2D eigenvalue weighted by Crippen LogP contribution is 2.32. The molecule has 1 N–H and O–H groups in total. The van der Waals surface area contributed by atoms with Gasteiger partial charge in [0, 0.05) is 25.2 Å². The first-order valence-corrected chi connectivity index (χ1v) is 8.64. The monoisotopic (exact) mass is 341 g/mol. The number of hydrogen-bond donors (Lipinski definition) is 1. The molecule has 0 radical (unpaired) electrons. The van der Waals surface area contributed by atoms with Crippen LogP contribution in [0.1, 0.15) is 5.56 Å². The summed E-state index contributed by atoms with van der Waals surface area (Å²) in [5.74, 6) is -0.387. The molecule has 1 fully saturated rings. The fourth-order valence-electron chi connectivity index (χ4n) is 2.76. The molecule has 1 amide bonds. The number of carbonyl (C=O) groups excluding carboxylic acids is 1. The van der Waals surface area contributed by atoms with Gasteiger partial charge in [0.25, 0.3) is 0 Å². The molecule has 4 rings (SSSR count). The molecule has 1 saturated heterocycles. The fourth-order valence-corrected chi connectivity index (χ4v) is 3.75. The highest BCUT2D eigenvalue weighted by atomic mass is 32.1. The third-order valence-corrected chi connectivity index (χ3v) is 5.31. The lowest BCUT2D eigenvalue weighted by Gasteiger charge is -2.37. The largest absolute Gasteiger partial charge is 0.352 e. The van der Waals surface area contributed by atoms with Crippen LogP contribution in [0.4, 0.5) is 9.52 Å². The topological polar surface area (TPSA) is 45.2 Å². The van der Waals surface area contributed by atoms with Crippen molar-refractivity contribution in [1.82, 2.24) is 10.3 Å². The Morgan fingerprint density at radius 1 is 1.21 bits per heavy atom. The third-order valence-electron chi connectivity index (χ3n) is 4.22. The number of nitrogens with zero attached hydrogens (tertiary/aromatic N) is 2. The minimum Gasteiger partial charge on any atom is -0.352 e. The Bertz CT molecular complexity index is 856. The van der Waals surface area contributed by atoms with Gasteiger partial charge >= 0.3 is 0 Å². The van der Waals surface area contributed by atoms with E-state index in [0.717, 1.165) is 15.3 Å². The molecule has 0 unspecified atom stereocenters. The molecular weight excluding hydrogens is 325 g/mol. The molecule has 2 heterocycles. The number of rotatable bonds is 4. The SMILES string of the molecule is O=C(NCc1ccccc1F)C1CN(c2nc3ccccc3s2)C1. The van der Waals surface area contributed by atoms with Crippen molar-refractivity contribution in [3.05, 3.63) is 59.9 Å². The predicted molar refractivity (Wildman–Crippen MR) is 93.6 cm³/mol. The van der Waals surface area contributed by atoms with Crippen LogP contribution in [0.25, 0.3) is 10.2 Å². The summed E-state index contributed by atoms with van der Waals surface area (Å²) in [4.78, 5) is 18.9. The number of halogens is 1. The standard InChI is InChI=1S/C18H16FN3OS/c19-14-6-2-1-5-12(14)9-20-17(23)13-10-22(11-13)18-21-15-7-3-4-8-16(15)24-18/h1-8,13H,9-11H2,(H,20,23). The van der Waals surface area contributed by atoms with Crippen molar-refractivity contribution in [3.63, 3.8) is 0 Å². The van der Waals surface area contributed by atoms with Crippen molar-refractivity contribution < 1.29 is 9.18 Å². The van der Waals surface area contributed by atoms with Crippen molar-refractivity contribution in [2.45, 2.75) is 6.54 Å². The van der Waals surface area contributed by atoms with Crippen LogP contribution in [0.15, 0.2) is 48.5 Å². The van der Waals surface area contributed by atoms with Gasteiger partial charge in [-0.3, -0.25) is 4.79 Å². The first kappa shape index (κ1) is 15.1. The number of benzene rings is 2. The van der Waals surface area contributed by atoms with Crippen LogP contribution in [0, 0.1) is 11.7 Å². The zero-order valence-corrected chi connectivity index (χ0v) is 13.7. The Hall–Kier alpha value is -2.47. The highest BCUT2D eigenvalue weighted by molar-refractivity contribution is 7.22. The van der Waals surface area contributed by atoms with E-state index in [1.54, 1.807) is 29.5 Å². The van der Waals surface area contributed by atoms with Gasteiger partial charge in [-0.2, -0.15) is 0 Å². The minimum absolute atomic E-state index is 0.0318. The van der Waals surface area contributed by atoms with E-state index in [4.69, 9.17) is 0 Å². The van der Waals surface area contributed by atoms with Gasteiger partial charge in [-0.05, 0) is 18.2 Å². The number of nitrogens with one attached hydrogen (secondary N) is 1. The molecule has 6 heteroatoms. The maximum atomic E-state index is 13.6. The Morgan fingerprint density at radius 3 is 2.75 bits per heavy atom. The Balaban J connectivity index is 1.33. The molecule has 2 aromatic carbocycles. The van der Waals surface area contributed by atoms with Crippen LogP contribution < -0.4 is 10.2 Å². The normalized spacial score (nSPS) is 14.6. The number of aromatic nitrogens is 1. The number of fused-ring (bicyclic) bond motifs is 1. The maximum Gasteiger partial charge on any atom is 0.226 e. The molecule has 24 heavy (non-hydrogen) atoms. The van der Waals surface area contributed by atoms with E-state index in [0.29, 0.717) is 18.7 Å². The molecule has 122 valence electrons. The molecule has 0 spiro atoms. The number of carbonyl (C=O) groups is 1. The van der Waals surface area contributed by atoms with E-state index in [9.17, 15) is 9.18 Å². The molecular formula is C18H16FN3OS. The summed E-state index contributed by atoms with van der Waals surface area (Å²) in [5.41, 5.74) is 1.50. The average molecular weight is 341 g/mol. The summed E-state index contributed by atoms with van der Waals surface area (Å²) in [5, 5.41) is 3.77. The van der Waals surface area contributed by atoms with E-state index < -0.39 is 0 Å². The summed E-state index contributed by atoms with van der Waals surface area (Å²) in [7, 11) is 0. The summed E-state index contributed by atoms with van der Waals surface area (Å²) in [6.45, 7) is 1.54. The van der Waals surface area contributed by atoms with E-state index in [2.05, 4.69) is 21.3 Å². The summed E-state index contributed by atoms with van der Waals surface area (Å²) in [6, 6.07) is 14.5. The zero-order valence-electron chi connectivity index (χ0n) is 12.9. The first-order valence-electron chi connectivity index (χ1n) is 7.82. The van der Waals surface area contributed by atoms with Crippen molar-refractivity contribution in [3.8, 4) is 0 Å². The predicted octanol–water partition coefficient (Wildman–Crippen LogP) is 3.19. The van der Waals surface area contributed by atoms with Gasteiger partial charge in [-0.25, -0.2) is 9.37 Å². The van der Waals surface area contributed by atoms with Gasteiger partial charge in [0.2, 0.25) is 5.91 Å². The van der Waals surface area contributed by atoms with Gasteiger partial charge in [0.15, 0.2) is 5.13 Å². The summed E-state index contributed by atoms with van der Waals surface area (Å²) in [6.07, 6.45) is 0. The molecule has 1 aromatic heterocycles. The van der Waals surface area contributed by atoms with Crippen LogP contribution in [-0.2, 0) is 11.3 Å². The van der Waals surface area contributed by atoms with E-state index in [1.165, 1.54) is 6.07 Å². The molecule has 1 aliphatic heterocycles. The van der Waals surface area contributed by atoms with Gasteiger partial charge in [0.1, 0.15) is 5.82 Å². The quantitative estimate of drug-likeness (QED) is 0.793. The van der Waals surface area contributed by atoms with Crippen LogP contribution in [0.2, 0.25) is 0 Å². The number of thiazole rings is 1. The van der Waals surface area contributed by atoms with Gasteiger partial charge in [-0.15, -0.1) is 0 Å². The molecule has 1 aliphatic rings. The average Bonchev–Trinajstić information content (AvgIpc) is 2.96. The van der Waals surface area contributed by atoms with Crippen molar-refractivity contribution in [2.24, 2.45) is 5.92 Å². The smallest absolute Gasteiger partial charge is 0.226 e. The van der Waals surface area contributed by atoms with Crippen molar-refractivity contribution >= 4 is 32.6 Å². The molecule has 4 nitrogen and oxygen atoms in total. The number of anilines is 1. The Morgan fingerprint density at radius 2 is 1.96 bits per heavy atom. The number of para-hydroxylation sites is 1. The van der Waals surface area contributed by atoms with Crippen LogP contribution in [0.5, 0.6) is 0 Å². The van der Waals surface area contributed by atoms with Gasteiger partial charge < -0.3 is 10.2 Å². The lowest BCUT2D eigenvalue weighted by molar-refractivity contribution is -0.125. The highest BCUT2D eigenvalue weighted by Gasteiger charge is 2.34. The van der Waals surface area contributed by atoms with Crippen molar-refractivity contribution in [2.75, 3.05) is 18.0 Å². The van der Waals surface area contributed by atoms with Crippen LogP contribution in [-0.4, -0.2) is 24.0 Å². The fraction of sp³-hybridized carbons (Fsp3) is 0.222. The lowest BCUT2D eigenvalue weighted by Crippen LogP contribution is -2.53. The second-order valence-corrected chi connectivity index (χ2v) is 6.88. The van der Waals surface area contributed by atoms with Crippen LogP contribution >= 0.6 is 11.3 Å². The molecule has 0 aliphatic carbocycles. The molecule has 0 saturated carbocycles. The second kappa shape index (κ2) is 6.20. The van der Waals surface area contributed by atoms with E-state index >= 15 is 0 Å².